The van der Waals surface area contributed by atoms with Crippen molar-refractivity contribution in [1.82, 2.24) is 19.8 Å². The van der Waals surface area contributed by atoms with Crippen LogP contribution in [0.2, 0.25) is 5.02 Å². The molecule has 2 aromatic carbocycles. The largest absolute Gasteiger partial charge is 0.354 e. The maximum absolute atomic E-state index is 12.7. The molecule has 0 saturated carbocycles. The number of halogens is 1. The van der Waals surface area contributed by atoms with E-state index in [0.29, 0.717) is 36.8 Å². The van der Waals surface area contributed by atoms with Crippen LogP contribution in [0.3, 0.4) is 0 Å². The molecule has 2 amide bonds. The minimum absolute atomic E-state index is 0.0866. The first-order valence-corrected chi connectivity index (χ1v) is 10.4. The second-order valence-corrected chi connectivity index (χ2v) is 7.92. The summed E-state index contributed by atoms with van der Waals surface area (Å²) < 4.78 is 1.62. The highest BCUT2D eigenvalue weighted by Gasteiger charge is 2.28. The van der Waals surface area contributed by atoms with Gasteiger partial charge >= 0.3 is 5.69 Å². The second-order valence-electron chi connectivity index (χ2n) is 7.49. The number of carbonyl (C=O) groups is 2. The molecule has 1 aliphatic heterocycles. The molecule has 1 fully saturated rings. The average molecular weight is 427 g/mol. The lowest BCUT2D eigenvalue weighted by Crippen LogP contribution is -2.46. The number of aromatic amines is 1. The number of carbonyl (C=O) groups excluding carboxylic acids is 2. The minimum atomic E-state index is -0.255. The fraction of sp³-hybridized carbons (Fsp3) is 0.318. The van der Waals surface area contributed by atoms with Gasteiger partial charge in [-0.2, -0.15) is 0 Å². The Balaban J connectivity index is 1.34. The topological polar surface area (TPSA) is 87.2 Å². The van der Waals surface area contributed by atoms with Crippen molar-refractivity contribution in [1.29, 1.82) is 0 Å². The van der Waals surface area contributed by atoms with Gasteiger partial charge in [-0.15, -0.1) is 0 Å². The van der Waals surface area contributed by atoms with Crippen LogP contribution >= 0.6 is 11.6 Å². The molecule has 0 spiro atoms. The summed E-state index contributed by atoms with van der Waals surface area (Å²) >= 11 is 5.89. The summed E-state index contributed by atoms with van der Waals surface area (Å²) in [6.45, 7) is 1.76. The molecule has 8 heteroatoms. The molecule has 7 nitrogen and oxygen atoms in total. The van der Waals surface area contributed by atoms with E-state index in [-0.39, 0.29) is 23.4 Å². The monoisotopic (exact) mass is 426 g/mol. The fourth-order valence-electron chi connectivity index (χ4n) is 3.91. The Labute approximate surface area is 178 Å². The molecular formula is C22H23ClN4O3. The van der Waals surface area contributed by atoms with Crippen LogP contribution in [-0.4, -0.2) is 45.9 Å². The highest BCUT2D eigenvalue weighted by Crippen LogP contribution is 2.20. The Bertz CT molecular complexity index is 1120. The summed E-state index contributed by atoms with van der Waals surface area (Å²) in [7, 11) is 0. The summed E-state index contributed by atoms with van der Waals surface area (Å²) in [5.74, 6) is -0.430. The molecule has 2 heterocycles. The Morgan fingerprint density at radius 1 is 1.13 bits per heavy atom. The summed E-state index contributed by atoms with van der Waals surface area (Å²) in [5, 5.41) is 3.50. The van der Waals surface area contributed by atoms with Crippen LogP contribution in [0.1, 0.15) is 23.2 Å². The number of para-hydroxylation sites is 2. The molecular weight excluding hydrogens is 404 g/mol. The van der Waals surface area contributed by atoms with E-state index in [9.17, 15) is 14.4 Å². The van der Waals surface area contributed by atoms with E-state index < -0.39 is 0 Å². The normalized spacial score (nSPS) is 16.6. The Kier molecular flexibility index (Phi) is 5.90. The third-order valence-electron chi connectivity index (χ3n) is 5.49. The molecule has 0 bridgehead atoms. The molecule has 1 aromatic heterocycles. The van der Waals surface area contributed by atoms with Gasteiger partial charge in [-0.3, -0.25) is 14.2 Å². The van der Waals surface area contributed by atoms with Crippen LogP contribution in [-0.2, 0) is 11.3 Å². The van der Waals surface area contributed by atoms with Gasteiger partial charge in [-0.25, -0.2) is 4.79 Å². The smallest absolute Gasteiger partial charge is 0.326 e. The van der Waals surface area contributed by atoms with Gasteiger partial charge in [-0.05, 0) is 49.2 Å². The SMILES string of the molecule is O=C(NCCn1c(=O)[nH]c2ccccc21)[C@@H]1CCCN(C(=O)c2ccc(Cl)cc2)C1. The van der Waals surface area contributed by atoms with Crippen LogP contribution in [0.25, 0.3) is 11.0 Å². The third kappa shape index (κ3) is 4.26. The minimum Gasteiger partial charge on any atom is -0.354 e. The number of amides is 2. The highest BCUT2D eigenvalue weighted by molar-refractivity contribution is 6.30. The molecule has 2 N–H and O–H groups in total. The number of nitrogens with one attached hydrogen (secondary N) is 2. The van der Waals surface area contributed by atoms with Crippen molar-refractivity contribution in [3.63, 3.8) is 0 Å². The van der Waals surface area contributed by atoms with Crippen molar-refractivity contribution in [3.8, 4) is 0 Å². The number of hydrogen-bond donors (Lipinski definition) is 2. The summed E-state index contributed by atoms with van der Waals surface area (Å²) in [6.07, 6.45) is 1.52. The standard InChI is InChI=1S/C22H23ClN4O3/c23-17-9-7-15(8-10-17)21(29)26-12-3-4-16(14-26)20(28)24-11-13-27-19-6-2-1-5-18(19)25-22(27)30/h1-2,5-10,16H,3-4,11-14H2,(H,24,28)(H,25,30)/t16-/m1/s1. The predicted octanol–water partition coefficient (Wildman–Crippen LogP) is 2.65. The number of likely N-dealkylation sites (tertiary alicyclic amines) is 1. The molecule has 0 aliphatic carbocycles. The number of rotatable bonds is 5. The van der Waals surface area contributed by atoms with E-state index in [4.69, 9.17) is 11.6 Å². The molecule has 1 atom stereocenters. The molecule has 30 heavy (non-hydrogen) atoms. The first kappa shape index (κ1) is 20.2. The van der Waals surface area contributed by atoms with Gasteiger partial charge < -0.3 is 15.2 Å². The first-order chi connectivity index (χ1) is 14.5. The first-order valence-electron chi connectivity index (χ1n) is 10.0. The summed E-state index contributed by atoms with van der Waals surface area (Å²) in [4.78, 5) is 42.0. The number of piperidine rings is 1. The van der Waals surface area contributed by atoms with Crippen LogP contribution in [0.5, 0.6) is 0 Å². The van der Waals surface area contributed by atoms with Crippen LogP contribution in [0.15, 0.2) is 53.3 Å². The fourth-order valence-corrected chi connectivity index (χ4v) is 4.04. The molecule has 156 valence electrons. The summed E-state index contributed by atoms with van der Waals surface area (Å²) in [6, 6.07) is 14.2. The number of hydrogen-bond acceptors (Lipinski definition) is 3. The van der Waals surface area contributed by atoms with Gasteiger partial charge in [0.15, 0.2) is 0 Å². The number of imidazole rings is 1. The maximum atomic E-state index is 12.7. The molecule has 1 aliphatic rings. The van der Waals surface area contributed by atoms with E-state index in [1.807, 2.05) is 24.3 Å². The summed E-state index contributed by atoms with van der Waals surface area (Å²) in [5.41, 5.74) is 1.97. The van der Waals surface area contributed by atoms with Gasteiger partial charge in [0, 0.05) is 36.8 Å². The quantitative estimate of drug-likeness (QED) is 0.657. The van der Waals surface area contributed by atoms with Crippen molar-refractivity contribution >= 4 is 34.4 Å². The van der Waals surface area contributed by atoms with Gasteiger partial charge in [-0.1, -0.05) is 23.7 Å². The number of nitrogens with zero attached hydrogens (tertiary/aromatic N) is 2. The average Bonchev–Trinajstić information content (AvgIpc) is 3.09. The lowest BCUT2D eigenvalue weighted by Gasteiger charge is -2.32. The number of benzene rings is 2. The van der Waals surface area contributed by atoms with Crippen molar-refractivity contribution in [2.45, 2.75) is 19.4 Å². The lowest BCUT2D eigenvalue weighted by atomic mass is 9.96. The van der Waals surface area contributed by atoms with E-state index >= 15 is 0 Å². The van der Waals surface area contributed by atoms with Crippen LogP contribution < -0.4 is 11.0 Å². The molecule has 1 saturated heterocycles. The molecule has 4 rings (SSSR count). The van der Waals surface area contributed by atoms with Crippen LogP contribution in [0, 0.1) is 5.92 Å². The van der Waals surface area contributed by atoms with Crippen molar-refractivity contribution < 1.29 is 9.59 Å². The Morgan fingerprint density at radius 3 is 2.70 bits per heavy atom. The molecule has 0 unspecified atom stereocenters. The lowest BCUT2D eigenvalue weighted by molar-refractivity contribution is -0.126. The zero-order valence-electron chi connectivity index (χ0n) is 16.4. The van der Waals surface area contributed by atoms with Crippen molar-refractivity contribution in [2.75, 3.05) is 19.6 Å². The van der Waals surface area contributed by atoms with Crippen molar-refractivity contribution in [2.24, 2.45) is 5.92 Å². The Morgan fingerprint density at radius 2 is 1.90 bits per heavy atom. The molecule has 0 radical (unpaired) electrons. The predicted molar refractivity (Wildman–Crippen MR) is 116 cm³/mol. The second kappa shape index (κ2) is 8.75. The van der Waals surface area contributed by atoms with E-state index in [1.165, 1.54) is 0 Å². The maximum Gasteiger partial charge on any atom is 0.326 e. The van der Waals surface area contributed by atoms with E-state index in [1.54, 1.807) is 33.7 Å². The van der Waals surface area contributed by atoms with E-state index in [2.05, 4.69) is 10.3 Å². The van der Waals surface area contributed by atoms with Crippen LogP contribution in [0.4, 0.5) is 0 Å². The van der Waals surface area contributed by atoms with Crippen molar-refractivity contribution in [3.05, 3.63) is 69.6 Å². The zero-order chi connectivity index (χ0) is 21.1. The van der Waals surface area contributed by atoms with Gasteiger partial charge in [0.25, 0.3) is 5.91 Å². The zero-order valence-corrected chi connectivity index (χ0v) is 17.2. The number of fused-ring (bicyclic) bond motifs is 1. The van der Waals surface area contributed by atoms with Gasteiger partial charge in [0.05, 0.1) is 17.0 Å². The van der Waals surface area contributed by atoms with Gasteiger partial charge in [0.2, 0.25) is 5.91 Å². The highest BCUT2D eigenvalue weighted by atomic mass is 35.5. The number of aromatic nitrogens is 2. The number of H-pyrrole nitrogens is 1. The third-order valence-corrected chi connectivity index (χ3v) is 5.74. The van der Waals surface area contributed by atoms with E-state index in [0.717, 1.165) is 23.9 Å². The Hall–Kier alpha value is -3.06. The molecule has 3 aromatic rings. The van der Waals surface area contributed by atoms with Gasteiger partial charge in [0.1, 0.15) is 0 Å².